The smallest absolute Gasteiger partial charge is 0.160 e. The van der Waals surface area contributed by atoms with E-state index in [-0.39, 0.29) is 0 Å². The van der Waals surface area contributed by atoms with E-state index in [1.54, 1.807) is 12.1 Å². The zero-order valence-electron chi connectivity index (χ0n) is 9.13. The van der Waals surface area contributed by atoms with Crippen molar-refractivity contribution in [3.05, 3.63) is 21.6 Å². The molecule has 0 aliphatic rings. The summed E-state index contributed by atoms with van der Waals surface area (Å²) in [7, 11) is 0. The zero-order chi connectivity index (χ0) is 12.0. The van der Waals surface area contributed by atoms with E-state index in [0.717, 1.165) is 17.5 Å². The van der Waals surface area contributed by atoms with Crippen molar-refractivity contribution < 1.29 is 9.47 Å². The number of hydrogen-bond acceptors (Lipinski definition) is 3. The first kappa shape index (κ1) is 13.6. The lowest BCUT2D eigenvalue weighted by atomic mass is 10.3. The molecule has 2 N–H and O–H groups in total. The van der Waals surface area contributed by atoms with Crippen LogP contribution in [0.25, 0.3) is 0 Å². The summed E-state index contributed by atoms with van der Waals surface area (Å²) in [5, 5.41) is 0.502. The molecule has 0 saturated heterocycles. The van der Waals surface area contributed by atoms with Gasteiger partial charge in [0.2, 0.25) is 0 Å². The van der Waals surface area contributed by atoms with Gasteiger partial charge in [-0.15, -0.1) is 0 Å². The number of hydrogen-bond donors (Lipinski definition) is 1. The van der Waals surface area contributed by atoms with Gasteiger partial charge in [-0.2, -0.15) is 0 Å². The van der Waals surface area contributed by atoms with E-state index < -0.39 is 0 Å². The third-order valence-electron chi connectivity index (χ3n) is 1.86. The Labute approximate surface area is 109 Å². The number of halogens is 2. The predicted molar refractivity (Wildman–Crippen MR) is 70.2 cm³/mol. The highest BCUT2D eigenvalue weighted by atomic mass is 79.9. The molecule has 0 aliphatic heterocycles. The second-order valence-electron chi connectivity index (χ2n) is 3.27. The molecule has 0 unspecified atom stereocenters. The molecular weight excluding hydrogens is 293 g/mol. The second kappa shape index (κ2) is 6.99. The summed E-state index contributed by atoms with van der Waals surface area (Å²) in [6.07, 6.45) is 1.00. The van der Waals surface area contributed by atoms with Crippen LogP contribution in [0.5, 0.6) is 5.75 Å². The maximum absolute atomic E-state index is 6.00. The largest absolute Gasteiger partial charge is 0.487 e. The van der Waals surface area contributed by atoms with Crippen molar-refractivity contribution in [1.82, 2.24) is 0 Å². The molecule has 0 fully saturated rings. The van der Waals surface area contributed by atoms with E-state index in [1.165, 1.54) is 0 Å². The summed E-state index contributed by atoms with van der Waals surface area (Å²) in [6.45, 7) is 3.79. The van der Waals surface area contributed by atoms with Crippen LogP contribution in [0, 0.1) is 0 Å². The fraction of sp³-hybridized carbons (Fsp3) is 0.455. The second-order valence-corrected chi connectivity index (χ2v) is 4.59. The predicted octanol–water partition coefficient (Wildman–Crippen LogP) is 3.49. The van der Waals surface area contributed by atoms with Gasteiger partial charge in [-0.25, -0.2) is 0 Å². The Morgan fingerprint density at radius 1 is 1.31 bits per heavy atom. The van der Waals surface area contributed by atoms with Gasteiger partial charge in [0.25, 0.3) is 0 Å². The number of nitrogen functional groups attached to an aromatic ring is 1. The number of rotatable bonds is 6. The molecule has 0 spiro atoms. The molecule has 5 heteroatoms. The van der Waals surface area contributed by atoms with Gasteiger partial charge in [0.15, 0.2) is 5.75 Å². The SMILES string of the molecule is CCCOCCOc1c(N)cc(Br)cc1Cl. The molecule has 1 aromatic rings. The topological polar surface area (TPSA) is 44.5 Å². The molecule has 0 heterocycles. The van der Waals surface area contributed by atoms with Crippen molar-refractivity contribution in [1.29, 1.82) is 0 Å². The first-order chi connectivity index (χ1) is 7.65. The molecule has 0 saturated carbocycles. The lowest BCUT2D eigenvalue weighted by Gasteiger charge is -2.11. The Morgan fingerprint density at radius 3 is 2.69 bits per heavy atom. The zero-order valence-corrected chi connectivity index (χ0v) is 11.5. The molecule has 0 aliphatic carbocycles. The first-order valence-corrected chi connectivity index (χ1v) is 6.27. The van der Waals surface area contributed by atoms with E-state index in [1.807, 2.05) is 0 Å². The number of ether oxygens (including phenoxy) is 2. The van der Waals surface area contributed by atoms with Crippen LogP contribution in [-0.4, -0.2) is 19.8 Å². The standard InChI is InChI=1S/C11H15BrClNO2/c1-2-3-15-4-5-16-11-9(13)6-8(12)7-10(11)14/h6-7H,2-5,14H2,1H3. The summed E-state index contributed by atoms with van der Waals surface area (Å²) in [5.74, 6) is 0.518. The van der Waals surface area contributed by atoms with Crippen molar-refractivity contribution in [3.63, 3.8) is 0 Å². The molecule has 0 amide bonds. The lowest BCUT2D eigenvalue weighted by Crippen LogP contribution is -2.08. The van der Waals surface area contributed by atoms with Crippen molar-refractivity contribution in [2.45, 2.75) is 13.3 Å². The third kappa shape index (κ3) is 4.20. The van der Waals surface area contributed by atoms with Crippen LogP contribution in [0.4, 0.5) is 5.69 Å². The normalized spacial score (nSPS) is 10.4. The van der Waals surface area contributed by atoms with E-state index in [9.17, 15) is 0 Å². The van der Waals surface area contributed by atoms with Crippen molar-refractivity contribution >= 4 is 33.2 Å². The summed E-state index contributed by atoms with van der Waals surface area (Å²) in [4.78, 5) is 0. The minimum absolute atomic E-state index is 0.450. The third-order valence-corrected chi connectivity index (χ3v) is 2.60. The Hall–Kier alpha value is -0.450. The van der Waals surface area contributed by atoms with Crippen LogP contribution in [0.15, 0.2) is 16.6 Å². The van der Waals surface area contributed by atoms with E-state index in [2.05, 4.69) is 22.9 Å². The summed E-state index contributed by atoms with van der Waals surface area (Å²) < 4.78 is 11.6. The fourth-order valence-corrected chi connectivity index (χ4v) is 2.07. The van der Waals surface area contributed by atoms with Gasteiger partial charge >= 0.3 is 0 Å². The van der Waals surface area contributed by atoms with Crippen LogP contribution in [0.2, 0.25) is 5.02 Å². The summed E-state index contributed by atoms with van der Waals surface area (Å²) in [5.41, 5.74) is 6.31. The average molecular weight is 309 g/mol. The molecule has 0 bridgehead atoms. The molecule has 0 aromatic heterocycles. The summed E-state index contributed by atoms with van der Waals surface area (Å²) in [6, 6.07) is 3.51. The van der Waals surface area contributed by atoms with Gasteiger partial charge in [0.1, 0.15) is 6.61 Å². The average Bonchev–Trinajstić information content (AvgIpc) is 2.20. The highest BCUT2D eigenvalue weighted by molar-refractivity contribution is 9.10. The molecule has 0 radical (unpaired) electrons. The van der Waals surface area contributed by atoms with Crippen LogP contribution < -0.4 is 10.5 Å². The maximum atomic E-state index is 6.00. The highest BCUT2D eigenvalue weighted by Crippen LogP contribution is 2.34. The van der Waals surface area contributed by atoms with Gasteiger partial charge in [-0.1, -0.05) is 34.5 Å². The number of benzene rings is 1. The van der Waals surface area contributed by atoms with Crippen LogP contribution in [0.3, 0.4) is 0 Å². The molecule has 90 valence electrons. The van der Waals surface area contributed by atoms with Gasteiger partial charge in [-0.05, 0) is 18.6 Å². The maximum Gasteiger partial charge on any atom is 0.160 e. The van der Waals surface area contributed by atoms with Gasteiger partial charge < -0.3 is 15.2 Å². The van der Waals surface area contributed by atoms with E-state index in [4.69, 9.17) is 26.8 Å². The Balaban J connectivity index is 2.47. The quantitative estimate of drug-likeness (QED) is 0.646. The van der Waals surface area contributed by atoms with Crippen molar-refractivity contribution in [2.24, 2.45) is 0 Å². The molecule has 1 aromatic carbocycles. The van der Waals surface area contributed by atoms with Gasteiger partial charge in [0, 0.05) is 11.1 Å². The molecule has 1 rings (SSSR count). The molecule has 3 nitrogen and oxygen atoms in total. The molecule has 16 heavy (non-hydrogen) atoms. The van der Waals surface area contributed by atoms with Crippen molar-refractivity contribution in [3.8, 4) is 5.75 Å². The van der Waals surface area contributed by atoms with E-state index >= 15 is 0 Å². The minimum atomic E-state index is 0.450. The van der Waals surface area contributed by atoms with Crippen LogP contribution in [-0.2, 0) is 4.74 Å². The van der Waals surface area contributed by atoms with Crippen LogP contribution in [0.1, 0.15) is 13.3 Å². The lowest BCUT2D eigenvalue weighted by molar-refractivity contribution is 0.101. The van der Waals surface area contributed by atoms with Gasteiger partial charge in [0.05, 0.1) is 17.3 Å². The Kier molecular flexibility index (Phi) is 5.95. The number of anilines is 1. The van der Waals surface area contributed by atoms with Crippen molar-refractivity contribution in [2.75, 3.05) is 25.6 Å². The molecule has 0 atom stereocenters. The minimum Gasteiger partial charge on any atom is -0.487 e. The highest BCUT2D eigenvalue weighted by Gasteiger charge is 2.07. The fourth-order valence-electron chi connectivity index (χ4n) is 1.18. The Morgan fingerprint density at radius 2 is 2.06 bits per heavy atom. The Bertz CT molecular complexity index is 324. The monoisotopic (exact) mass is 307 g/mol. The number of nitrogens with two attached hydrogens (primary N) is 1. The summed E-state index contributed by atoms with van der Waals surface area (Å²) >= 11 is 9.30. The molecular formula is C11H15BrClNO2. The first-order valence-electron chi connectivity index (χ1n) is 5.10. The van der Waals surface area contributed by atoms with E-state index in [0.29, 0.717) is 29.7 Å². The van der Waals surface area contributed by atoms with Crippen LogP contribution >= 0.6 is 27.5 Å². The van der Waals surface area contributed by atoms with Gasteiger partial charge in [-0.3, -0.25) is 0 Å².